The maximum absolute atomic E-state index is 12.5. The van der Waals surface area contributed by atoms with Gasteiger partial charge in [-0.25, -0.2) is 4.79 Å². The first-order valence-corrected chi connectivity index (χ1v) is 10.1. The van der Waals surface area contributed by atoms with Gasteiger partial charge in [-0.1, -0.05) is 6.07 Å². The van der Waals surface area contributed by atoms with E-state index in [4.69, 9.17) is 23.7 Å². The molecule has 10 heteroatoms. The molecule has 2 aromatic rings. The third-order valence-corrected chi connectivity index (χ3v) is 4.70. The van der Waals surface area contributed by atoms with E-state index < -0.39 is 18.2 Å². The molecule has 0 spiro atoms. The van der Waals surface area contributed by atoms with Crippen LogP contribution >= 0.6 is 12.6 Å². The standard InChI is InChI=1S/C21H23NO8S/c1-26-17-6-4-13(9-15(17)23)16(3-2-8-27-20(24)11-31)30-21(25)22-14-5-7-18-19(10-14)29-12-28-18/h4-7,9-10,16,23,31H,2-3,8,11-12H2,1H3,(H,22,25)/t16-/m0/s1. The van der Waals surface area contributed by atoms with Crippen LogP contribution in [0.5, 0.6) is 23.0 Å². The van der Waals surface area contributed by atoms with Gasteiger partial charge in [-0.05, 0) is 42.7 Å². The average molecular weight is 449 g/mol. The molecule has 1 aliphatic rings. The predicted molar refractivity (Wildman–Crippen MR) is 114 cm³/mol. The van der Waals surface area contributed by atoms with Gasteiger partial charge in [0.15, 0.2) is 23.0 Å². The molecule has 9 nitrogen and oxygen atoms in total. The number of rotatable bonds is 9. The first kappa shape index (κ1) is 22.4. The number of hydrogen-bond acceptors (Lipinski definition) is 9. The molecule has 1 aliphatic heterocycles. The van der Waals surface area contributed by atoms with Crippen LogP contribution in [-0.4, -0.2) is 43.4 Å². The number of methoxy groups -OCH3 is 1. The Kier molecular flexibility index (Phi) is 7.71. The Morgan fingerprint density at radius 1 is 1.19 bits per heavy atom. The van der Waals surface area contributed by atoms with Crippen molar-refractivity contribution in [3.63, 3.8) is 0 Å². The lowest BCUT2D eigenvalue weighted by molar-refractivity contribution is -0.140. The summed E-state index contributed by atoms with van der Waals surface area (Å²) in [5.74, 6) is 0.913. The second-order valence-electron chi connectivity index (χ2n) is 6.54. The fourth-order valence-electron chi connectivity index (χ4n) is 2.95. The number of thiol groups is 1. The summed E-state index contributed by atoms with van der Waals surface area (Å²) in [7, 11) is 1.44. The van der Waals surface area contributed by atoms with Gasteiger partial charge in [0.2, 0.25) is 6.79 Å². The fraction of sp³-hybridized carbons (Fsp3) is 0.333. The molecule has 1 amide bonds. The van der Waals surface area contributed by atoms with Crippen molar-refractivity contribution in [3.8, 4) is 23.0 Å². The van der Waals surface area contributed by atoms with Gasteiger partial charge in [0.05, 0.1) is 19.5 Å². The van der Waals surface area contributed by atoms with Crippen LogP contribution in [0.25, 0.3) is 0 Å². The molecule has 0 radical (unpaired) electrons. The third-order valence-electron chi connectivity index (χ3n) is 4.45. The summed E-state index contributed by atoms with van der Waals surface area (Å²) in [5, 5.41) is 12.7. The lowest BCUT2D eigenvalue weighted by atomic mass is 10.0. The third kappa shape index (κ3) is 6.11. The lowest BCUT2D eigenvalue weighted by Crippen LogP contribution is -2.18. The molecule has 2 aromatic carbocycles. The first-order chi connectivity index (χ1) is 15.0. The number of ether oxygens (including phenoxy) is 5. The van der Waals surface area contributed by atoms with E-state index >= 15 is 0 Å². The van der Waals surface area contributed by atoms with E-state index in [9.17, 15) is 14.7 Å². The van der Waals surface area contributed by atoms with Crippen LogP contribution in [0.1, 0.15) is 24.5 Å². The minimum atomic E-state index is -0.694. The number of nitrogens with one attached hydrogen (secondary N) is 1. The minimum Gasteiger partial charge on any atom is -0.504 e. The van der Waals surface area contributed by atoms with E-state index in [0.717, 1.165) is 0 Å². The maximum atomic E-state index is 12.5. The van der Waals surface area contributed by atoms with E-state index in [1.807, 2.05) is 0 Å². The average Bonchev–Trinajstić information content (AvgIpc) is 3.23. The summed E-state index contributed by atoms with van der Waals surface area (Å²) in [5.41, 5.74) is 1.05. The van der Waals surface area contributed by atoms with Crippen molar-refractivity contribution in [2.45, 2.75) is 18.9 Å². The van der Waals surface area contributed by atoms with Gasteiger partial charge >= 0.3 is 12.1 Å². The number of hydrogen-bond donors (Lipinski definition) is 3. The van der Waals surface area contributed by atoms with Crippen molar-refractivity contribution in [3.05, 3.63) is 42.0 Å². The number of amides is 1. The molecule has 3 rings (SSSR count). The van der Waals surface area contributed by atoms with Crippen molar-refractivity contribution in [2.24, 2.45) is 0 Å². The van der Waals surface area contributed by atoms with Crippen LogP contribution in [0.2, 0.25) is 0 Å². The molecule has 0 saturated heterocycles. The zero-order valence-electron chi connectivity index (χ0n) is 16.8. The number of carbonyl (C=O) groups is 2. The van der Waals surface area contributed by atoms with E-state index in [-0.39, 0.29) is 24.9 Å². The van der Waals surface area contributed by atoms with Gasteiger partial charge in [0, 0.05) is 11.8 Å². The van der Waals surface area contributed by atoms with E-state index in [1.165, 1.54) is 13.2 Å². The quantitative estimate of drug-likeness (QED) is 0.302. The Balaban J connectivity index is 1.66. The molecule has 31 heavy (non-hydrogen) atoms. The molecule has 2 N–H and O–H groups in total. The van der Waals surface area contributed by atoms with Crippen molar-refractivity contribution in [1.29, 1.82) is 0 Å². The van der Waals surface area contributed by atoms with Crippen LogP contribution in [-0.2, 0) is 14.3 Å². The smallest absolute Gasteiger partial charge is 0.412 e. The largest absolute Gasteiger partial charge is 0.504 e. The Hall–Kier alpha value is -3.27. The van der Waals surface area contributed by atoms with Crippen molar-refractivity contribution in [1.82, 2.24) is 0 Å². The minimum absolute atomic E-state index is 0.00970. The van der Waals surface area contributed by atoms with Gasteiger partial charge in [-0.3, -0.25) is 10.1 Å². The summed E-state index contributed by atoms with van der Waals surface area (Å²) >= 11 is 3.85. The monoisotopic (exact) mass is 449 g/mol. The van der Waals surface area contributed by atoms with Crippen LogP contribution in [0.4, 0.5) is 10.5 Å². The first-order valence-electron chi connectivity index (χ1n) is 9.51. The summed E-state index contributed by atoms with van der Waals surface area (Å²) in [6, 6.07) is 9.73. The second-order valence-corrected chi connectivity index (χ2v) is 6.86. The summed E-state index contributed by atoms with van der Waals surface area (Å²) in [4.78, 5) is 23.7. The topological polar surface area (TPSA) is 113 Å². The highest BCUT2D eigenvalue weighted by Crippen LogP contribution is 2.35. The number of anilines is 1. The molecule has 166 valence electrons. The number of aromatic hydroxyl groups is 1. The number of esters is 1. The molecular formula is C21H23NO8S. The highest BCUT2D eigenvalue weighted by molar-refractivity contribution is 7.81. The number of benzene rings is 2. The highest BCUT2D eigenvalue weighted by atomic mass is 32.1. The lowest BCUT2D eigenvalue weighted by Gasteiger charge is -2.19. The summed E-state index contributed by atoms with van der Waals surface area (Å²) < 4.78 is 26.2. The second kappa shape index (κ2) is 10.7. The van der Waals surface area contributed by atoms with Crippen LogP contribution in [0, 0.1) is 0 Å². The Morgan fingerprint density at radius 2 is 2.00 bits per heavy atom. The molecule has 0 unspecified atom stereocenters. The van der Waals surface area contributed by atoms with Crippen LogP contribution in [0.3, 0.4) is 0 Å². The number of fused-ring (bicyclic) bond motifs is 1. The van der Waals surface area contributed by atoms with Crippen molar-refractivity contribution >= 4 is 30.4 Å². The van der Waals surface area contributed by atoms with Crippen molar-refractivity contribution in [2.75, 3.05) is 31.6 Å². The Bertz CT molecular complexity index is 936. The number of phenols is 1. The maximum Gasteiger partial charge on any atom is 0.412 e. The Morgan fingerprint density at radius 3 is 2.74 bits per heavy atom. The van der Waals surface area contributed by atoms with Crippen LogP contribution in [0.15, 0.2) is 36.4 Å². The fourth-order valence-corrected chi connectivity index (χ4v) is 3.04. The predicted octanol–water partition coefficient (Wildman–Crippen LogP) is 3.67. The summed E-state index contributed by atoms with van der Waals surface area (Å²) in [6.07, 6.45) is -0.582. The van der Waals surface area contributed by atoms with Crippen molar-refractivity contribution < 1.29 is 38.4 Å². The van der Waals surface area contributed by atoms with Gasteiger partial charge in [0.25, 0.3) is 0 Å². The highest BCUT2D eigenvalue weighted by Gasteiger charge is 2.20. The Labute approximate surface area is 184 Å². The molecule has 0 aromatic heterocycles. The van der Waals surface area contributed by atoms with Gasteiger partial charge < -0.3 is 28.8 Å². The number of phenolic OH excluding ortho intramolecular Hbond substituents is 1. The SMILES string of the molecule is COc1ccc([C@H](CCCOC(=O)CS)OC(=O)Nc2ccc3c(c2)OCO3)cc1O. The molecule has 1 heterocycles. The molecule has 1 atom stereocenters. The summed E-state index contributed by atoms with van der Waals surface area (Å²) in [6.45, 7) is 0.287. The van der Waals surface area contributed by atoms with Gasteiger partial charge in [0.1, 0.15) is 6.10 Å². The molecule has 0 aliphatic carbocycles. The van der Waals surface area contributed by atoms with Crippen LogP contribution < -0.4 is 19.5 Å². The molecule has 0 saturated carbocycles. The normalized spacial score (nSPS) is 12.7. The molecule has 0 bridgehead atoms. The zero-order chi connectivity index (χ0) is 22.2. The van der Waals surface area contributed by atoms with E-state index in [0.29, 0.717) is 41.3 Å². The van der Waals surface area contributed by atoms with Gasteiger partial charge in [-0.2, -0.15) is 12.6 Å². The molecule has 0 fully saturated rings. The van der Waals surface area contributed by atoms with Gasteiger partial charge in [-0.15, -0.1) is 0 Å². The zero-order valence-corrected chi connectivity index (χ0v) is 17.7. The number of carbonyl (C=O) groups excluding carboxylic acids is 2. The molecular weight excluding hydrogens is 426 g/mol. The van der Waals surface area contributed by atoms with E-state index in [1.54, 1.807) is 30.3 Å². The van der Waals surface area contributed by atoms with E-state index in [2.05, 4.69) is 17.9 Å².